The van der Waals surface area contributed by atoms with Crippen molar-refractivity contribution in [1.29, 1.82) is 0 Å². The van der Waals surface area contributed by atoms with Crippen LogP contribution >= 0.6 is 11.8 Å². The van der Waals surface area contributed by atoms with Crippen molar-refractivity contribution >= 4 is 22.8 Å². The number of thioether (sulfide) groups is 1. The van der Waals surface area contributed by atoms with E-state index < -0.39 is 0 Å². The van der Waals surface area contributed by atoms with Gasteiger partial charge in [-0.25, -0.2) is 0 Å². The Kier molecular flexibility index (Phi) is 5.84. The molecule has 0 aliphatic carbocycles. The fraction of sp³-hybridized carbons (Fsp3) is 0.818. The molecule has 1 aliphatic rings. The zero-order chi connectivity index (χ0) is 12.0. The second kappa shape index (κ2) is 6.91. The first kappa shape index (κ1) is 13.5. The summed E-state index contributed by atoms with van der Waals surface area (Å²) in [5, 5.41) is 0.242. The molecule has 16 heavy (non-hydrogen) atoms. The number of rotatable bonds is 6. The average Bonchev–Trinajstić information content (AvgIpc) is 2.53. The molecule has 4 nitrogen and oxygen atoms in total. The lowest BCUT2D eigenvalue weighted by molar-refractivity contribution is -0.127. The molecule has 1 heterocycles. The number of amides is 1. The first-order valence-corrected chi connectivity index (χ1v) is 6.54. The van der Waals surface area contributed by atoms with Gasteiger partial charge in [-0.1, -0.05) is 11.8 Å². The van der Waals surface area contributed by atoms with Gasteiger partial charge in [0.25, 0.3) is 0 Å². The predicted octanol–water partition coefficient (Wildman–Crippen LogP) is 1.29. The smallest absolute Gasteiger partial charge is 0.223 e. The molecule has 1 amide bonds. The summed E-state index contributed by atoms with van der Waals surface area (Å²) in [7, 11) is 0. The average molecular weight is 245 g/mol. The minimum Gasteiger partial charge on any atom is -0.382 e. The first-order valence-electron chi connectivity index (χ1n) is 5.66. The van der Waals surface area contributed by atoms with Crippen LogP contribution in [-0.4, -0.2) is 47.5 Å². The molecule has 5 heteroatoms. The van der Waals surface area contributed by atoms with Gasteiger partial charge >= 0.3 is 0 Å². The van der Waals surface area contributed by atoms with E-state index in [-0.39, 0.29) is 16.3 Å². The Morgan fingerprint density at radius 2 is 2.38 bits per heavy atom. The molecule has 92 valence electrons. The minimum atomic E-state index is 0.0916. The van der Waals surface area contributed by atoms with Crippen LogP contribution in [0.4, 0.5) is 0 Å². The Bertz CT molecular complexity index is 258. The van der Waals surface area contributed by atoms with E-state index in [0.29, 0.717) is 19.6 Å². The van der Waals surface area contributed by atoms with Gasteiger partial charge in [0.2, 0.25) is 5.91 Å². The van der Waals surface area contributed by atoms with Crippen molar-refractivity contribution < 1.29 is 14.3 Å². The van der Waals surface area contributed by atoms with E-state index in [2.05, 4.69) is 0 Å². The van der Waals surface area contributed by atoms with Crippen molar-refractivity contribution in [3.05, 3.63) is 0 Å². The summed E-state index contributed by atoms with van der Waals surface area (Å²) in [6, 6.07) is 0. The maximum atomic E-state index is 11.6. The van der Waals surface area contributed by atoms with Crippen LogP contribution in [0.5, 0.6) is 0 Å². The largest absolute Gasteiger partial charge is 0.382 e. The number of hydrogen-bond acceptors (Lipinski definition) is 4. The lowest BCUT2D eigenvalue weighted by Crippen LogP contribution is -2.27. The van der Waals surface area contributed by atoms with Crippen molar-refractivity contribution in [3.8, 4) is 0 Å². The number of carbonyl (C=O) groups is 2. The summed E-state index contributed by atoms with van der Waals surface area (Å²) in [6.07, 6.45) is 1.37. The van der Waals surface area contributed by atoms with Crippen molar-refractivity contribution in [3.63, 3.8) is 0 Å². The van der Waals surface area contributed by atoms with Crippen molar-refractivity contribution in [2.24, 2.45) is 0 Å². The lowest BCUT2D eigenvalue weighted by atomic mass is 10.4. The Morgan fingerprint density at radius 3 is 3.00 bits per heavy atom. The third-order valence-electron chi connectivity index (χ3n) is 2.43. The van der Waals surface area contributed by atoms with Gasteiger partial charge < -0.3 is 9.64 Å². The van der Waals surface area contributed by atoms with Crippen LogP contribution in [0, 0.1) is 0 Å². The fourth-order valence-electron chi connectivity index (χ4n) is 1.77. The summed E-state index contributed by atoms with van der Waals surface area (Å²) in [5.41, 5.74) is 0. The minimum absolute atomic E-state index is 0.0916. The normalized spacial score (nSPS) is 20.5. The van der Waals surface area contributed by atoms with Crippen LogP contribution in [0.2, 0.25) is 0 Å². The first-order chi connectivity index (χ1) is 7.63. The van der Waals surface area contributed by atoms with E-state index in [1.807, 2.05) is 11.8 Å². The number of hydrogen-bond donors (Lipinski definition) is 0. The standard InChI is InChI=1S/C11H19NO3S/c1-3-15-6-4-5-12-8-10(7-11(12)14)16-9(2)13/h10H,3-8H2,1-2H3. The van der Waals surface area contributed by atoms with Gasteiger partial charge in [-0.05, 0) is 13.3 Å². The monoisotopic (exact) mass is 245 g/mol. The molecule has 1 aliphatic heterocycles. The van der Waals surface area contributed by atoms with Gasteiger partial charge in [0.15, 0.2) is 5.12 Å². The lowest BCUT2D eigenvalue weighted by Gasteiger charge is -2.15. The second-order valence-electron chi connectivity index (χ2n) is 3.83. The second-order valence-corrected chi connectivity index (χ2v) is 5.30. The highest BCUT2D eigenvalue weighted by molar-refractivity contribution is 8.14. The summed E-state index contributed by atoms with van der Waals surface area (Å²) < 4.78 is 5.22. The summed E-state index contributed by atoms with van der Waals surface area (Å²) in [4.78, 5) is 24.3. The molecule has 0 spiro atoms. The molecule has 1 fully saturated rings. The zero-order valence-electron chi connectivity index (χ0n) is 9.90. The highest BCUT2D eigenvalue weighted by Crippen LogP contribution is 2.24. The Morgan fingerprint density at radius 1 is 1.62 bits per heavy atom. The number of ether oxygens (including phenoxy) is 1. The maximum absolute atomic E-state index is 11.6. The van der Waals surface area contributed by atoms with Gasteiger partial charge in [0.05, 0.1) is 0 Å². The summed E-state index contributed by atoms with van der Waals surface area (Å²) in [6.45, 7) is 6.37. The van der Waals surface area contributed by atoms with Crippen LogP contribution in [0.25, 0.3) is 0 Å². The molecule has 0 aromatic carbocycles. The molecule has 1 atom stereocenters. The Balaban J connectivity index is 2.23. The third-order valence-corrected chi connectivity index (χ3v) is 3.41. The van der Waals surface area contributed by atoms with Gasteiger partial charge in [0.1, 0.15) is 0 Å². The van der Waals surface area contributed by atoms with E-state index in [9.17, 15) is 9.59 Å². The summed E-state index contributed by atoms with van der Waals surface area (Å²) in [5.74, 6) is 0.162. The van der Waals surface area contributed by atoms with Crippen LogP contribution in [0.1, 0.15) is 26.7 Å². The number of carbonyl (C=O) groups excluding carboxylic acids is 2. The number of likely N-dealkylation sites (tertiary alicyclic amines) is 1. The van der Waals surface area contributed by atoms with Crippen LogP contribution in [-0.2, 0) is 14.3 Å². The fourth-order valence-corrected chi connectivity index (χ4v) is 2.72. The van der Waals surface area contributed by atoms with Crippen molar-refractivity contribution in [2.45, 2.75) is 31.9 Å². The van der Waals surface area contributed by atoms with E-state index in [0.717, 1.165) is 19.6 Å². The highest BCUT2D eigenvalue weighted by atomic mass is 32.2. The molecule has 0 radical (unpaired) electrons. The van der Waals surface area contributed by atoms with E-state index in [1.165, 1.54) is 11.8 Å². The molecule has 0 aromatic rings. The van der Waals surface area contributed by atoms with Crippen molar-refractivity contribution in [2.75, 3.05) is 26.3 Å². The molecular formula is C11H19NO3S. The molecular weight excluding hydrogens is 226 g/mol. The SMILES string of the molecule is CCOCCCN1CC(SC(C)=O)CC1=O. The summed E-state index contributed by atoms with van der Waals surface area (Å²) >= 11 is 1.28. The molecule has 1 unspecified atom stereocenters. The van der Waals surface area contributed by atoms with E-state index >= 15 is 0 Å². The van der Waals surface area contributed by atoms with Crippen LogP contribution < -0.4 is 0 Å². The quantitative estimate of drug-likeness (QED) is 0.662. The molecule has 1 saturated heterocycles. The molecule has 1 rings (SSSR count). The zero-order valence-corrected chi connectivity index (χ0v) is 10.7. The maximum Gasteiger partial charge on any atom is 0.223 e. The topological polar surface area (TPSA) is 46.6 Å². The number of nitrogens with zero attached hydrogens (tertiary/aromatic N) is 1. The Hall–Kier alpha value is -0.550. The molecule has 0 aromatic heterocycles. The van der Waals surface area contributed by atoms with Gasteiger partial charge in [-0.3, -0.25) is 9.59 Å². The van der Waals surface area contributed by atoms with Gasteiger partial charge in [0, 0.05) is 44.9 Å². The predicted molar refractivity (Wildman–Crippen MR) is 64.4 cm³/mol. The third kappa shape index (κ3) is 4.53. The van der Waals surface area contributed by atoms with E-state index in [4.69, 9.17) is 4.74 Å². The van der Waals surface area contributed by atoms with E-state index in [1.54, 1.807) is 6.92 Å². The molecule has 0 bridgehead atoms. The Labute approximate surface area is 101 Å². The molecule has 0 N–H and O–H groups in total. The van der Waals surface area contributed by atoms with Gasteiger partial charge in [-0.2, -0.15) is 0 Å². The van der Waals surface area contributed by atoms with Crippen LogP contribution in [0.3, 0.4) is 0 Å². The molecule has 0 saturated carbocycles. The highest BCUT2D eigenvalue weighted by Gasteiger charge is 2.30. The van der Waals surface area contributed by atoms with Crippen molar-refractivity contribution in [1.82, 2.24) is 4.90 Å². The van der Waals surface area contributed by atoms with Crippen LogP contribution in [0.15, 0.2) is 0 Å². The van der Waals surface area contributed by atoms with Gasteiger partial charge in [-0.15, -0.1) is 0 Å².